The standard InChI is InChI=1S/C23H16O2/c1-15-6-8-16(9-7-15)10-11-17-12-13-20-21(14-17)23(25)19-5-3-2-4-18(19)22(20)24/h2-14H,1H3/b11-10+. The van der Waals surface area contributed by atoms with Crippen LogP contribution in [0.4, 0.5) is 0 Å². The fourth-order valence-electron chi connectivity index (χ4n) is 3.09. The number of hydrogen-bond acceptors (Lipinski definition) is 2. The minimum atomic E-state index is -0.0872. The van der Waals surface area contributed by atoms with Gasteiger partial charge in [-0.2, -0.15) is 0 Å². The highest BCUT2D eigenvalue weighted by atomic mass is 16.1. The van der Waals surface area contributed by atoms with Gasteiger partial charge >= 0.3 is 0 Å². The maximum atomic E-state index is 12.7. The van der Waals surface area contributed by atoms with Crippen molar-refractivity contribution in [2.24, 2.45) is 0 Å². The van der Waals surface area contributed by atoms with Gasteiger partial charge in [0.15, 0.2) is 11.6 Å². The highest BCUT2D eigenvalue weighted by molar-refractivity contribution is 6.28. The van der Waals surface area contributed by atoms with Crippen molar-refractivity contribution < 1.29 is 9.59 Å². The van der Waals surface area contributed by atoms with E-state index in [4.69, 9.17) is 0 Å². The normalized spacial score (nSPS) is 13.0. The topological polar surface area (TPSA) is 34.1 Å². The molecule has 0 bridgehead atoms. The average Bonchev–Trinajstić information content (AvgIpc) is 2.65. The molecule has 1 aliphatic carbocycles. The summed E-state index contributed by atoms with van der Waals surface area (Å²) in [6.07, 6.45) is 3.97. The third kappa shape index (κ3) is 2.72. The van der Waals surface area contributed by atoms with Crippen molar-refractivity contribution in [2.75, 3.05) is 0 Å². The third-order valence-electron chi connectivity index (χ3n) is 4.49. The zero-order chi connectivity index (χ0) is 17.4. The Morgan fingerprint density at radius 3 is 1.80 bits per heavy atom. The molecule has 0 fully saturated rings. The van der Waals surface area contributed by atoms with Crippen molar-refractivity contribution in [3.63, 3.8) is 0 Å². The molecule has 3 aromatic carbocycles. The smallest absolute Gasteiger partial charge is 0.194 e. The van der Waals surface area contributed by atoms with Crippen LogP contribution in [0.15, 0.2) is 66.7 Å². The maximum Gasteiger partial charge on any atom is 0.194 e. The number of rotatable bonds is 2. The number of fused-ring (bicyclic) bond motifs is 2. The Bertz CT molecular complexity index is 1020. The second-order valence-corrected chi connectivity index (χ2v) is 6.25. The first-order valence-electron chi connectivity index (χ1n) is 8.21. The van der Waals surface area contributed by atoms with Crippen LogP contribution < -0.4 is 0 Å². The van der Waals surface area contributed by atoms with Crippen LogP contribution in [-0.4, -0.2) is 11.6 Å². The first-order valence-corrected chi connectivity index (χ1v) is 8.21. The van der Waals surface area contributed by atoms with E-state index in [-0.39, 0.29) is 11.6 Å². The molecule has 25 heavy (non-hydrogen) atoms. The van der Waals surface area contributed by atoms with Gasteiger partial charge in [-0.1, -0.05) is 72.3 Å². The summed E-state index contributed by atoms with van der Waals surface area (Å²) in [4.78, 5) is 25.3. The number of aryl methyl sites for hydroxylation is 1. The van der Waals surface area contributed by atoms with E-state index in [9.17, 15) is 9.59 Å². The van der Waals surface area contributed by atoms with E-state index in [1.165, 1.54) is 5.56 Å². The largest absolute Gasteiger partial charge is 0.289 e. The molecule has 0 saturated heterocycles. The van der Waals surface area contributed by atoms with Crippen molar-refractivity contribution in [3.05, 3.63) is 106 Å². The Kier molecular flexibility index (Phi) is 3.66. The molecule has 0 N–H and O–H groups in total. The van der Waals surface area contributed by atoms with Gasteiger partial charge in [0.2, 0.25) is 0 Å². The van der Waals surface area contributed by atoms with E-state index < -0.39 is 0 Å². The van der Waals surface area contributed by atoms with Crippen LogP contribution in [0.25, 0.3) is 12.2 Å². The molecule has 0 amide bonds. The van der Waals surface area contributed by atoms with Gasteiger partial charge in [-0.25, -0.2) is 0 Å². The summed E-state index contributed by atoms with van der Waals surface area (Å²) in [5, 5.41) is 0. The molecule has 1 aliphatic rings. The Hall–Kier alpha value is -3.26. The Balaban J connectivity index is 1.71. The first-order chi connectivity index (χ1) is 12.1. The van der Waals surface area contributed by atoms with Crippen LogP contribution in [0.1, 0.15) is 48.5 Å². The number of ketones is 2. The van der Waals surface area contributed by atoms with E-state index >= 15 is 0 Å². The Morgan fingerprint density at radius 2 is 1.12 bits per heavy atom. The summed E-state index contributed by atoms with van der Waals surface area (Å²) in [5.74, 6) is -0.171. The number of hydrogen-bond donors (Lipinski definition) is 0. The Morgan fingerprint density at radius 1 is 0.600 bits per heavy atom. The van der Waals surface area contributed by atoms with Crippen molar-refractivity contribution in [1.82, 2.24) is 0 Å². The molecule has 0 spiro atoms. The van der Waals surface area contributed by atoms with Crippen molar-refractivity contribution in [1.29, 1.82) is 0 Å². The van der Waals surface area contributed by atoms with Gasteiger partial charge in [-0.3, -0.25) is 9.59 Å². The lowest BCUT2D eigenvalue weighted by Crippen LogP contribution is -2.20. The second-order valence-electron chi connectivity index (χ2n) is 6.25. The summed E-state index contributed by atoms with van der Waals surface area (Å²) in [7, 11) is 0. The van der Waals surface area contributed by atoms with Gasteiger partial charge < -0.3 is 0 Å². The third-order valence-corrected chi connectivity index (χ3v) is 4.49. The summed E-state index contributed by atoms with van der Waals surface area (Å²) >= 11 is 0. The van der Waals surface area contributed by atoms with Crippen LogP contribution in [0.2, 0.25) is 0 Å². The van der Waals surface area contributed by atoms with E-state index in [0.29, 0.717) is 22.3 Å². The predicted octanol–water partition coefficient (Wildman–Crippen LogP) is 4.94. The quantitative estimate of drug-likeness (QED) is 0.489. The summed E-state index contributed by atoms with van der Waals surface area (Å²) in [6, 6.07) is 20.7. The summed E-state index contributed by atoms with van der Waals surface area (Å²) < 4.78 is 0. The second kappa shape index (κ2) is 5.99. The molecule has 0 saturated carbocycles. The molecular weight excluding hydrogens is 308 g/mol. The van der Waals surface area contributed by atoms with Crippen LogP contribution in [0.3, 0.4) is 0 Å². The number of carbonyl (C=O) groups excluding carboxylic acids is 2. The maximum absolute atomic E-state index is 12.7. The van der Waals surface area contributed by atoms with E-state index in [1.807, 2.05) is 18.2 Å². The molecule has 3 aromatic rings. The molecule has 2 heteroatoms. The lowest BCUT2D eigenvalue weighted by Gasteiger charge is -2.17. The fourth-order valence-corrected chi connectivity index (χ4v) is 3.09. The summed E-state index contributed by atoms with van der Waals surface area (Å²) in [6.45, 7) is 2.05. The highest BCUT2D eigenvalue weighted by Gasteiger charge is 2.28. The molecular formula is C23H16O2. The molecule has 4 rings (SSSR count). The van der Waals surface area contributed by atoms with Crippen molar-refractivity contribution in [3.8, 4) is 0 Å². The first kappa shape index (κ1) is 15.3. The van der Waals surface area contributed by atoms with Crippen molar-refractivity contribution >= 4 is 23.7 Å². The van der Waals surface area contributed by atoms with Gasteiger partial charge in [0.25, 0.3) is 0 Å². The van der Waals surface area contributed by atoms with Gasteiger partial charge in [0.05, 0.1) is 0 Å². The van der Waals surface area contributed by atoms with E-state index in [1.54, 1.807) is 36.4 Å². The number of carbonyl (C=O) groups is 2. The van der Waals surface area contributed by atoms with Crippen LogP contribution >= 0.6 is 0 Å². The molecule has 0 aromatic heterocycles. The highest BCUT2D eigenvalue weighted by Crippen LogP contribution is 2.28. The van der Waals surface area contributed by atoms with Gasteiger partial charge in [0.1, 0.15) is 0 Å². The monoisotopic (exact) mass is 324 g/mol. The van der Waals surface area contributed by atoms with E-state index in [0.717, 1.165) is 11.1 Å². The van der Waals surface area contributed by atoms with E-state index in [2.05, 4.69) is 31.2 Å². The predicted molar refractivity (Wildman–Crippen MR) is 99.9 cm³/mol. The van der Waals surface area contributed by atoms with Crippen molar-refractivity contribution in [2.45, 2.75) is 6.92 Å². The van der Waals surface area contributed by atoms with Gasteiger partial charge in [-0.15, -0.1) is 0 Å². The van der Waals surface area contributed by atoms with Gasteiger partial charge in [-0.05, 0) is 30.2 Å². The van der Waals surface area contributed by atoms with Crippen LogP contribution in [0, 0.1) is 6.92 Å². The molecule has 2 nitrogen and oxygen atoms in total. The summed E-state index contributed by atoms with van der Waals surface area (Å²) in [5.41, 5.74) is 5.15. The molecule has 0 unspecified atom stereocenters. The Labute approximate surface area is 146 Å². The lowest BCUT2D eigenvalue weighted by molar-refractivity contribution is 0.0979. The SMILES string of the molecule is Cc1ccc(/C=C/c2ccc3c(c2)C(=O)c2ccccc2C3=O)cc1. The number of benzene rings is 3. The molecule has 0 aliphatic heterocycles. The molecule has 0 heterocycles. The average molecular weight is 324 g/mol. The molecule has 120 valence electrons. The van der Waals surface area contributed by atoms with Gasteiger partial charge in [0, 0.05) is 22.3 Å². The zero-order valence-corrected chi connectivity index (χ0v) is 13.8. The van der Waals surface area contributed by atoms with Crippen LogP contribution in [0.5, 0.6) is 0 Å². The minimum Gasteiger partial charge on any atom is -0.289 e. The fraction of sp³-hybridized carbons (Fsp3) is 0.0435. The minimum absolute atomic E-state index is 0.0840. The molecule has 0 radical (unpaired) electrons. The zero-order valence-electron chi connectivity index (χ0n) is 13.8. The lowest BCUT2D eigenvalue weighted by atomic mass is 9.83. The molecule has 0 atom stereocenters. The van der Waals surface area contributed by atoms with Crippen LogP contribution in [-0.2, 0) is 0 Å².